The zero-order valence-electron chi connectivity index (χ0n) is 10.1. The van der Waals surface area contributed by atoms with Crippen LogP contribution >= 0.6 is 0 Å². The molecule has 0 aliphatic heterocycles. The molecule has 6 nitrogen and oxygen atoms in total. The number of anilines is 1. The number of nitrogens with zero attached hydrogens (tertiary/aromatic N) is 2. The van der Waals surface area contributed by atoms with Gasteiger partial charge in [-0.25, -0.2) is 0 Å². The highest BCUT2D eigenvalue weighted by molar-refractivity contribution is 5.59. The molecular weight excluding hydrogens is 246 g/mol. The molecule has 2 aromatic rings. The third-order valence-electron chi connectivity index (χ3n) is 2.69. The molecule has 2 N–H and O–H groups in total. The van der Waals surface area contributed by atoms with Crippen LogP contribution in [0.25, 0.3) is 0 Å². The van der Waals surface area contributed by atoms with Crippen LogP contribution in [0, 0.1) is 10.1 Å². The number of nitrogens with one attached hydrogen (secondary N) is 1. The van der Waals surface area contributed by atoms with Crippen molar-refractivity contribution < 1.29 is 10.0 Å². The summed E-state index contributed by atoms with van der Waals surface area (Å²) >= 11 is 0. The first-order valence-electron chi connectivity index (χ1n) is 5.71. The quantitative estimate of drug-likeness (QED) is 0.634. The fourth-order valence-corrected chi connectivity index (χ4v) is 1.64. The van der Waals surface area contributed by atoms with Crippen LogP contribution in [-0.2, 0) is 13.2 Å². The molecule has 0 bridgehead atoms. The van der Waals surface area contributed by atoms with Gasteiger partial charge in [0.2, 0.25) is 0 Å². The molecule has 0 fully saturated rings. The molecule has 19 heavy (non-hydrogen) atoms. The Bertz CT molecular complexity index is 570. The van der Waals surface area contributed by atoms with E-state index in [9.17, 15) is 10.1 Å². The minimum atomic E-state index is -0.468. The van der Waals surface area contributed by atoms with Crippen molar-refractivity contribution in [3.8, 4) is 0 Å². The van der Waals surface area contributed by atoms with Gasteiger partial charge in [-0.05, 0) is 17.2 Å². The van der Waals surface area contributed by atoms with Crippen molar-refractivity contribution in [3.63, 3.8) is 0 Å². The molecule has 1 aromatic carbocycles. The zero-order valence-corrected chi connectivity index (χ0v) is 10.1. The van der Waals surface area contributed by atoms with E-state index in [4.69, 9.17) is 5.11 Å². The summed E-state index contributed by atoms with van der Waals surface area (Å²) in [5, 5.41) is 22.8. The number of nitro groups is 1. The van der Waals surface area contributed by atoms with Crippen molar-refractivity contribution in [1.82, 2.24) is 4.98 Å². The van der Waals surface area contributed by atoms with Gasteiger partial charge in [-0.2, -0.15) is 0 Å². The fourth-order valence-electron chi connectivity index (χ4n) is 1.64. The van der Waals surface area contributed by atoms with Gasteiger partial charge in [0.15, 0.2) is 0 Å². The first kappa shape index (κ1) is 13.0. The number of hydrogen-bond acceptors (Lipinski definition) is 5. The Morgan fingerprint density at radius 2 is 1.89 bits per heavy atom. The molecule has 98 valence electrons. The molecule has 0 spiro atoms. The smallest absolute Gasteiger partial charge is 0.310 e. The van der Waals surface area contributed by atoms with Gasteiger partial charge < -0.3 is 10.4 Å². The second kappa shape index (κ2) is 5.92. The largest absolute Gasteiger partial charge is 0.392 e. The monoisotopic (exact) mass is 259 g/mol. The van der Waals surface area contributed by atoms with Gasteiger partial charge >= 0.3 is 5.69 Å². The van der Waals surface area contributed by atoms with E-state index in [2.05, 4.69) is 10.3 Å². The van der Waals surface area contributed by atoms with E-state index in [1.54, 1.807) is 6.07 Å². The Labute approximate surface area is 109 Å². The highest BCUT2D eigenvalue weighted by Gasteiger charge is 2.12. The summed E-state index contributed by atoms with van der Waals surface area (Å²) in [5.74, 6) is 0. The standard InChI is InChI=1S/C13H13N3O3/c17-9-11-3-1-10(2-4-11)7-15-12-5-6-14-8-13(12)16(18)19/h1-6,8,17H,7,9H2,(H,14,15). The molecule has 0 saturated carbocycles. The van der Waals surface area contributed by atoms with Crippen LogP contribution in [-0.4, -0.2) is 15.0 Å². The second-order valence-electron chi connectivity index (χ2n) is 3.98. The minimum absolute atomic E-state index is 0.00351. The third kappa shape index (κ3) is 3.26. The van der Waals surface area contributed by atoms with Crippen LogP contribution in [0.4, 0.5) is 11.4 Å². The van der Waals surface area contributed by atoms with Crippen molar-refractivity contribution in [2.45, 2.75) is 13.2 Å². The normalized spacial score (nSPS) is 10.2. The van der Waals surface area contributed by atoms with Crippen LogP contribution < -0.4 is 5.32 Å². The van der Waals surface area contributed by atoms with Gasteiger partial charge in [0.25, 0.3) is 0 Å². The van der Waals surface area contributed by atoms with E-state index >= 15 is 0 Å². The summed E-state index contributed by atoms with van der Waals surface area (Å²) in [6, 6.07) is 8.94. The number of aliphatic hydroxyl groups excluding tert-OH is 1. The van der Waals surface area contributed by atoms with E-state index in [0.717, 1.165) is 11.1 Å². The molecule has 0 radical (unpaired) electrons. The van der Waals surface area contributed by atoms with Crippen LogP contribution in [0.2, 0.25) is 0 Å². The summed E-state index contributed by atoms with van der Waals surface area (Å²) in [6.45, 7) is 0.472. The van der Waals surface area contributed by atoms with Crippen LogP contribution in [0.3, 0.4) is 0 Å². The molecule has 0 saturated heterocycles. The van der Waals surface area contributed by atoms with Gasteiger partial charge in [0.05, 0.1) is 11.5 Å². The number of aliphatic hydroxyl groups is 1. The van der Waals surface area contributed by atoms with Crippen LogP contribution in [0.15, 0.2) is 42.7 Å². The summed E-state index contributed by atoms with van der Waals surface area (Å²) in [7, 11) is 0. The van der Waals surface area contributed by atoms with Crippen LogP contribution in [0.1, 0.15) is 11.1 Å². The van der Waals surface area contributed by atoms with E-state index in [-0.39, 0.29) is 12.3 Å². The lowest BCUT2D eigenvalue weighted by molar-refractivity contribution is -0.384. The van der Waals surface area contributed by atoms with Crippen molar-refractivity contribution in [1.29, 1.82) is 0 Å². The third-order valence-corrected chi connectivity index (χ3v) is 2.69. The average Bonchev–Trinajstić information content (AvgIpc) is 2.46. The lowest BCUT2D eigenvalue weighted by Gasteiger charge is -2.07. The van der Waals surface area contributed by atoms with Gasteiger partial charge in [-0.15, -0.1) is 0 Å². The predicted octanol–water partition coefficient (Wildman–Crippen LogP) is 2.09. The Morgan fingerprint density at radius 1 is 1.21 bits per heavy atom. The maximum atomic E-state index is 10.8. The SMILES string of the molecule is O=[N+]([O-])c1cnccc1NCc1ccc(CO)cc1. The molecule has 1 aromatic heterocycles. The lowest BCUT2D eigenvalue weighted by atomic mass is 10.1. The Morgan fingerprint density at radius 3 is 2.53 bits per heavy atom. The number of benzene rings is 1. The molecule has 0 unspecified atom stereocenters. The molecule has 6 heteroatoms. The van der Waals surface area contributed by atoms with Gasteiger partial charge in [-0.3, -0.25) is 15.1 Å². The van der Waals surface area contributed by atoms with Crippen molar-refractivity contribution in [3.05, 3.63) is 64.0 Å². The van der Waals surface area contributed by atoms with Crippen molar-refractivity contribution >= 4 is 11.4 Å². The first-order chi connectivity index (χ1) is 9.20. The van der Waals surface area contributed by atoms with Crippen molar-refractivity contribution in [2.24, 2.45) is 0 Å². The highest BCUT2D eigenvalue weighted by Crippen LogP contribution is 2.22. The van der Waals surface area contributed by atoms with E-state index in [0.29, 0.717) is 12.2 Å². The predicted molar refractivity (Wildman–Crippen MR) is 70.6 cm³/mol. The fraction of sp³-hybridized carbons (Fsp3) is 0.154. The Kier molecular flexibility index (Phi) is 4.04. The summed E-state index contributed by atoms with van der Waals surface area (Å²) in [4.78, 5) is 14.1. The molecular formula is C13H13N3O3. The number of rotatable bonds is 5. The zero-order chi connectivity index (χ0) is 13.7. The lowest BCUT2D eigenvalue weighted by Crippen LogP contribution is -2.03. The summed E-state index contributed by atoms with van der Waals surface area (Å²) < 4.78 is 0. The summed E-state index contributed by atoms with van der Waals surface area (Å²) in [5.41, 5.74) is 2.20. The number of pyridine rings is 1. The van der Waals surface area contributed by atoms with Crippen LogP contribution in [0.5, 0.6) is 0 Å². The maximum absolute atomic E-state index is 10.8. The Balaban J connectivity index is 2.07. The van der Waals surface area contributed by atoms with E-state index in [1.165, 1.54) is 12.4 Å². The maximum Gasteiger partial charge on any atom is 0.310 e. The number of aromatic nitrogens is 1. The summed E-state index contributed by atoms with van der Waals surface area (Å²) in [6.07, 6.45) is 2.72. The molecule has 0 amide bonds. The molecule has 0 atom stereocenters. The topological polar surface area (TPSA) is 88.3 Å². The van der Waals surface area contributed by atoms with Gasteiger partial charge in [0.1, 0.15) is 11.9 Å². The van der Waals surface area contributed by atoms with Gasteiger partial charge in [0, 0.05) is 12.7 Å². The molecule has 2 rings (SSSR count). The van der Waals surface area contributed by atoms with E-state index in [1.807, 2.05) is 24.3 Å². The number of hydrogen-bond donors (Lipinski definition) is 2. The second-order valence-corrected chi connectivity index (χ2v) is 3.98. The Hall–Kier alpha value is -2.47. The molecule has 0 aliphatic carbocycles. The molecule has 1 heterocycles. The van der Waals surface area contributed by atoms with Crippen molar-refractivity contribution in [2.75, 3.05) is 5.32 Å². The van der Waals surface area contributed by atoms with E-state index < -0.39 is 4.92 Å². The van der Waals surface area contributed by atoms with Gasteiger partial charge in [-0.1, -0.05) is 24.3 Å². The first-order valence-corrected chi connectivity index (χ1v) is 5.71. The average molecular weight is 259 g/mol. The highest BCUT2D eigenvalue weighted by atomic mass is 16.6. The minimum Gasteiger partial charge on any atom is -0.392 e. The molecule has 0 aliphatic rings.